The Morgan fingerprint density at radius 3 is 2.32 bits per heavy atom. The van der Waals surface area contributed by atoms with Crippen molar-refractivity contribution in [1.82, 2.24) is 9.80 Å². The van der Waals surface area contributed by atoms with Gasteiger partial charge >= 0.3 is 0 Å². The lowest BCUT2D eigenvalue weighted by molar-refractivity contribution is -0.132. The average Bonchev–Trinajstić information content (AvgIpc) is 2.80. The largest absolute Gasteiger partial charge is 0.342 e. The highest BCUT2D eigenvalue weighted by molar-refractivity contribution is 5.78. The van der Waals surface area contributed by atoms with Crippen molar-refractivity contribution >= 4 is 5.91 Å². The van der Waals surface area contributed by atoms with Crippen LogP contribution in [0, 0.1) is 11.3 Å². The standard InChI is InChI=1S/C15H25N3O/c16-9-12-18(14-7-3-4-8-14)13-15(19)17-10-5-1-2-6-11-17/h14H,1-8,10-13H2. The van der Waals surface area contributed by atoms with Crippen LogP contribution in [0.2, 0.25) is 0 Å². The Hall–Kier alpha value is -1.08. The van der Waals surface area contributed by atoms with Crippen LogP contribution in [0.15, 0.2) is 0 Å². The van der Waals surface area contributed by atoms with Gasteiger partial charge in [-0.15, -0.1) is 0 Å². The van der Waals surface area contributed by atoms with Crippen molar-refractivity contribution in [2.45, 2.75) is 57.4 Å². The van der Waals surface area contributed by atoms with Gasteiger partial charge in [0.15, 0.2) is 0 Å². The van der Waals surface area contributed by atoms with Crippen LogP contribution in [-0.2, 0) is 4.79 Å². The molecular weight excluding hydrogens is 238 g/mol. The van der Waals surface area contributed by atoms with Crippen molar-refractivity contribution < 1.29 is 4.79 Å². The topological polar surface area (TPSA) is 47.3 Å². The smallest absolute Gasteiger partial charge is 0.236 e. The molecule has 2 aliphatic rings. The summed E-state index contributed by atoms with van der Waals surface area (Å²) in [6, 6.07) is 2.67. The summed E-state index contributed by atoms with van der Waals surface area (Å²) < 4.78 is 0. The summed E-state index contributed by atoms with van der Waals surface area (Å²) in [6.45, 7) is 2.65. The van der Waals surface area contributed by atoms with E-state index in [1.54, 1.807) is 0 Å². The van der Waals surface area contributed by atoms with E-state index in [4.69, 9.17) is 5.26 Å². The Labute approximate surface area is 116 Å². The number of hydrogen-bond donors (Lipinski definition) is 0. The summed E-state index contributed by atoms with van der Waals surface area (Å²) in [5, 5.41) is 8.95. The predicted molar refractivity (Wildman–Crippen MR) is 74.5 cm³/mol. The van der Waals surface area contributed by atoms with Crippen molar-refractivity contribution in [3.8, 4) is 6.07 Å². The Kier molecular flexibility index (Phi) is 5.65. The molecule has 1 saturated carbocycles. The van der Waals surface area contributed by atoms with Crippen LogP contribution in [0.3, 0.4) is 0 Å². The van der Waals surface area contributed by atoms with Crippen LogP contribution in [0.25, 0.3) is 0 Å². The molecule has 4 heteroatoms. The predicted octanol–water partition coefficient (Wildman–Crippen LogP) is 2.16. The molecule has 0 N–H and O–H groups in total. The molecule has 106 valence electrons. The number of carbonyl (C=O) groups is 1. The molecule has 1 amide bonds. The van der Waals surface area contributed by atoms with E-state index >= 15 is 0 Å². The van der Waals surface area contributed by atoms with E-state index < -0.39 is 0 Å². The summed E-state index contributed by atoms with van der Waals surface area (Å²) >= 11 is 0. The highest BCUT2D eigenvalue weighted by Gasteiger charge is 2.26. The highest BCUT2D eigenvalue weighted by atomic mass is 16.2. The number of rotatable bonds is 4. The maximum Gasteiger partial charge on any atom is 0.236 e. The van der Waals surface area contributed by atoms with Crippen LogP contribution in [0.4, 0.5) is 0 Å². The molecular formula is C15H25N3O. The summed E-state index contributed by atoms with van der Waals surface area (Å²) in [4.78, 5) is 16.5. The van der Waals surface area contributed by atoms with E-state index in [-0.39, 0.29) is 5.91 Å². The molecule has 1 aliphatic heterocycles. The van der Waals surface area contributed by atoms with Crippen LogP contribution >= 0.6 is 0 Å². The van der Waals surface area contributed by atoms with Gasteiger partial charge in [0.2, 0.25) is 5.91 Å². The third-order valence-electron chi connectivity index (χ3n) is 4.41. The molecule has 0 unspecified atom stereocenters. The first-order valence-electron chi connectivity index (χ1n) is 7.70. The van der Waals surface area contributed by atoms with Crippen molar-refractivity contribution in [2.75, 3.05) is 26.2 Å². The first-order chi connectivity index (χ1) is 9.31. The molecule has 0 bridgehead atoms. The fourth-order valence-electron chi connectivity index (χ4n) is 3.27. The Bertz CT molecular complexity index is 323. The zero-order valence-electron chi connectivity index (χ0n) is 11.8. The number of likely N-dealkylation sites (tertiary alicyclic amines) is 1. The zero-order chi connectivity index (χ0) is 13.5. The molecule has 0 aromatic carbocycles. The minimum absolute atomic E-state index is 0.226. The van der Waals surface area contributed by atoms with E-state index in [0.29, 0.717) is 19.1 Å². The zero-order valence-corrected chi connectivity index (χ0v) is 11.8. The van der Waals surface area contributed by atoms with Gasteiger partial charge in [-0.1, -0.05) is 25.7 Å². The molecule has 19 heavy (non-hydrogen) atoms. The van der Waals surface area contributed by atoms with E-state index in [2.05, 4.69) is 11.0 Å². The number of amides is 1. The minimum atomic E-state index is 0.226. The fourth-order valence-corrected chi connectivity index (χ4v) is 3.27. The average molecular weight is 263 g/mol. The van der Waals surface area contributed by atoms with Gasteiger partial charge in [-0.3, -0.25) is 9.69 Å². The lowest BCUT2D eigenvalue weighted by Gasteiger charge is -2.29. The third-order valence-corrected chi connectivity index (χ3v) is 4.41. The van der Waals surface area contributed by atoms with Gasteiger partial charge < -0.3 is 4.90 Å². The molecule has 2 fully saturated rings. The van der Waals surface area contributed by atoms with Gasteiger partial charge in [-0.05, 0) is 25.7 Å². The molecule has 4 nitrogen and oxygen atoms in total. The van der Waals surface area contributed by atoms with Crippen LogP contribution in [0.5, 0.6) is 0 Å². The maximum absolute atomic E-state index is 12.4. The van der Waals surface area contributed by atoms with Crippen LogP contribution < -0.4 is 0 Å². The number of nitriles is 1. The van der Waals surface area contributed by atoms with E-state index in [1.807, 2.05) is 4.90 Å². The van der Waals surface area contributed by atoms with Gasteiger partial charge in [-0.2, -0.15) is 5.26 Å². The molecule has 0 aromatic rings. The summed E-state index contributed by atoms with van der Waals surface area (Å²) in [7, 11) is 0. The maximum atomic E-state index is 12.4. The normalized spacial score (nSPS) is 21.4. The van der Waals surface area contributed by atoms with Crippen molar-refractivity contribution in [1.29, 1.82) is 5.26 Å². The fraction of sp³-hybridized carbons (Fsp3) is 0.867. The van der Waals surface area contributed by atoms with Gasteiger partial charge in [-0.25, -0.2) is 0 Å². The van der Waals surface area contributed by atoms with E-state index in [9.17, 15) is 4.79 Å². The summed E-state index contributed by atoms with van der Waals surface area (Å²) in [5.41, 5.74) is 0. The number of nitrogens with zero attached hydrogens (tertiary/aromatic N) is 3. The van der Waals surface area contributed by atoms with Crippen molar-refractivity contribution in [2.24, 2.45) is 0 Å². The van der Waals surface area contributed by atoms with Crippen LogP contribution in [-0.4, -0.2) is 47.9 Å². The first-order valence-corrected chi connectivity index (χ1v) is 7.70. The Morgan fingerprint density at radius 2 is 1.74 bits per heavy atom. The van der Waals surface area contributed by atoms with Crippen LogP contribution in [0.1, 0.15) is 51.4 Å². The molecule has 0 radical (unpaired) electrons. The lowest BCUT2D eigenvalue weighted by Crippen LogP contribution is -2.44. The molecule has 2 rings (SSSR count). The minimum Gasteiger partial charge on any atom is -0.342 e. The van der Waals surface area contributed by atoms with Gasteiger partial charge in [0.05, 0.1) is 19.2 Å². The van der Waals surface area contributed by atoms with Crippen molar-refractivity contribution in [3.63, 3.8) is 0 Å². The summed E-state index contributed by atoms with van der Waals surface area (Å²) in [6.07, 6.45) is 9.53. The summed E-state index contributed by atoms with van der Waals surface area (Å²) in [5.74, 6) is 0.226. The second kappa shape index (κ2) is 7.49. The van der Waals surface area contributed by atoms with E-state index in [1.165, 1.54) is 25.7 Å². The Morgan fingerprint density at radius 1 is 1.11 bits per heavy atom. The van der Waals surface area contributed by atoms with Gasteiger partial charge in [0.1, 0.15) is 0 Å². The second-order valence-corrected chi connectivity index (χ2v) is 5.80. The SMILES string of the molecule is N#CCN(CC(=O)N1CCCCCC1)C1CCCC1. The van der Waals surface area contributed by atoms with E-state index in [0.717, 1.165) is 38.8 Å². The third kappa shape index (κ3) is 4.21. The molecule has 0 spiro atoms. The van der Waals surface area contributed by atoms with Gasteiger partial charge in [0.25, 0.3) is 0 Å². The molecule has 0 atom stereocenters. The van der Waals surface area contributed by atoms with Gasteiger partial charge in [0, 0.05) is 19.1 Å². The monoisotopic (exact) mass is 263 g/mol. The molecule has 0 aromatic heterocycles. The quantitative estimate of drug-likeness (QED) is 0.730. The molecule has 1 saturated heterocycles. The Balaban J connectivity index is 1.88. The number of hydrogen-bond acceptors (Lipinski definition) is 3. The second-order valence-electron chi connectivity index (χ2n) is 5.80. The van der Waals surface area contributed by atoms with Crippen molar-refractivity contribution in [3.05, 3.63) is 0 Å². The molecule has 1 heterocycles. The molecule has 1 aliphatic carbocycles. The highest BCUT2D eigenvalue weighted by Crippen LogP contribution is 2.23. The number of carbonyl (C=O) groups excluding carboxylic acids is 1. The lowest BCUT2D eigenvalue weighted by atomic mass is 10.2. The first kappa shape index (κ1) is 14.3.